The number of ether oxygens (including phenoxy) is 2. The van der Waals surface area contributed by atoms with Crippen LogP contribution in [-0.4, -0.2) is 30.6 Å². The van der Waals surface area contributed by atoms with Crippen LogP contribution in [0, 0.1) is 12.8 Å². The Bertz CT molecular complexity index is 955. The minimum Gasteiger partial charge on any atom is -0.494 e. The first-order chi connectivity index (χ1) is 14.8. The highest BCUT2D eigenvalue weighted by molar-refractivity contribution is 5.98. The van der Waals surface area contributed by atoms with E-state index in [0.29, 0.717) is 18.7 Å². The van der Waals surface area contributed by atoms with Crippen molar-refractivity contribution in [3.8, 4) is 11.5 Å². The molecule has 2 amide bonds. The smallest absolute Gasteiger partial charge is 0.252 e. The zero-order valence-electron chi connectivity index (χ0n) is 19.0. The zero-order chi connectivity index (χ0) is 22.5. The summed E-state index contributed by atoms with van der Waals surface area (Å²) < 4.78 is 11.7. The summed E-state index contributed by atoms with van der Waals surface area (Å²) in [5.74, 6) is 1.05. The van der Waals surface area contributed by atoms with E-state index in [2.05, 4.69) is 10.6 Å². The predicted octanol–water partition coefficient (Wildman–Crippen LogP) is 3.79. The maximum atomic E-state index is 13.0. The highest BCUT2D eigenvalue weighted by atomic mass is 16.5. The Morgan fingerprint density at radius 3 is 2.65 bits per heavy atom. The van der Waals surface area contributed by atoms with Gasteiger partial charge in [-0.05, 0) is 50.5 Å². The maximum absolute atomic E-state index is 13.0. The standard InChI is InChI=1S/C25H32N2O4/c1-6-30-21-12-18-11-17(5)31-22(18)13-19(21)14-26-25(29)23(15(2)3)27-24(28)20-10-8-7-9-16(20)4/h7-10,12-13,15,17,23H,6,11,14H2,1-5H3,(H,26,29)(H,27,28)/t17-,23-/m0/s1. The molecular formula is C25H32N2O4. The van der Waals surface area contributed by atoms with Crippen LogP contribution in [0.4, 0.5) is 0 Å². The van der Waals surface area contributed by atoms with Gasteiger partial charge in [0.2, 0.25) is 5.91 Å². The molecule has 6 nitrogen and oxygen atoms in total. The molecule has 6 heteroatoms. The Morgan fingerprint density at radius 1 is 1.23 bits per heavy atom. The molecule has 2 aromatic rings. The third-order valence-electron chi connectivity index (χ3n) is 5.46. The summed E-state index contributed by atoms with van der Waals surface area (Å²) >= 11 is 0. The minimum absolute atomic E-state index is 0.0662. The molecule has 0 bridgehead atoms. The van der Waals surface area contributed by atoms with Gasteiger partial charge in [0, 0.05) is 29.7 Å². The van der Waals surface area contributed by atoms with Crippen molar-refractivity contribution in [2.45, 2.75) is 59.7 Å². The molecule has 31 heavy (non-hydrogen) atoms. The highest BCUT2D eigenvalue weighted by Gasteiger charge is 2.26. The van der Waals surface area contributed by atoms with Crippen molar-refractivity contribution >= 4 is 11.8 Å². The van der Waals surface area contributed by atoms with Crippen molar-refractivity contribution in [2.75, 3.05) is 6.61 Å². The SMILES string of the molecule is CCOc1cc2c(cc1CNC(=O)[C@@H](NC(=O)c1ccccc1C)C(C)C)O[C@@H](C)C2. The van der Waals surface area contributed by atoms with Crippen LogP contribution >= 0.6 is 0 Å². The summed E-state index contributed by atoms with van der Waals surface area (Å²) in [6.07, 6.45) is 0.985. The number of hydrogen-bond donors (Lipinski definition) is 2. The van der Waals surface area contributed by atoms with E-state index in [1.54, 1.807) is 6.07 Å². The lowest BCUT2D eigenvalue weighted by molar-refractivity contribution is -0.124. The number of benzene rings is 2. The van der Waals surface area contributed by atoms with Crippen LogP contribution in [0.2, 0.25) is 0 Å². The molecule has 0 radical (unpaired) electrons. The number of hydrogen-bond acceptors (Lipinski definition) is 4. The molecule has 1 heterocycles. The Kier molecular flexibility index (Phi) is 7.21. The number of amides is 2. The van der Waals surface area contributed by atoms with Crippen molar-refractivity contribution in [3.63, 3.8) is 0 Å². The molecule has 2 N–H and O–H groups in total. The molecule has 0 aromatic heterocycles. The predicted molar refractivity (Wildman–Crippen MR) is 121 cm³/mol. The summed E-state index contributed by atoms with van der Waals surface area (Å²) in [6.45, 7) is 10.5. The average molecular weight is 425 g/mol. The molecule has 0 saturated heterocycles. The van der Waals surface area contributed by atoms with E-state index in [4.69, 9.17) is 9.47 Å². The first-order valence-electron chi connectivity index (χ1n) is 10.9. The van der Waals surface area contributed by atoms with Gasteiger partial charge < -0.3 is 20.1 Å². The fourth-order valence-electron chi connectivity index (χ4n) is 3.78. The molecule has 1 aliphatic heterocycles. The van der Waals surface area contributed by atoms with Crippen LogP contribution in [0.25, 0.3) is 0 Å². The first kappa shape index (κ1) is 22.7. The van der Waals surface area contributed by atoms with Gasteiger partial charge in [-0.2, -0.15) is 0 Å². The third-order valence-corrected chi connectivity index (χ3v) is 5.46. The van der Waals surface area contributed by atoms with E-state index < -0.39 is 6.04 Å². The molecule has 0 fully saturated rings. The van der Waals surface area contributed by atoms with Gasteiger partial charge in [0.1, 0.15) is 23.6 Å². The number of fused-ring (bicyclic) bond motifs is 1. The van der Waals surface area contributed by atoms with Gasteiger partial charge in [-0.25, -0.2) is 0 Å². The minimum atomic E-state index is -0.645. The van der Waals surface area contributed by atoms with E-state index in [9.17, 15) is 9.59 Å². The van der Waals surface area contributed by atoms with Gasteiger partial charge in [-0.1, -0.05) is 32.0 Å². The first-order valence-corrected chi connectivity index (χ1v) is 10.9. The number of rotatable bonds is 8. The fourth-order valence-corrected chi connectivity index (χ4v) is 3.78. The second-order valence-corrected chi connectivity index (χ2v) is 8.36. The summed E-state index contributed by atoms with van der Waals surface area (Å²) in [7, 11) is 0. The van der Waals surface area contributed by atoms with E-state index in [0.717, 1.165) is 34.6 Å². The normalized spacial score (nSPS) is 15.7. The van der Waals surface area contributed by atoms with Crippen molar-refractivity contribution in [1.82, 2.24) is 10.6 Å². The monoisotopic (exact) mass is 424 g/mol. The molecule has 2 atom stereocenters. The van der Waals surface area contributed by atoms with Crippen molar-refractivity contribution in [1.29, 1.82) is 0 Å². The molecule has 166 valence electrons. The van der Waals surface area contributed by atoms with Crippen molar-refractivity contribution in [3.05, 3.63) is 58.7 Å². The maximum Gasteiger partial charge on any atom is 0.252 e. The van der Waals surface area contributed by atoms with Gasteiger partial charge >= 0.3 is 0 Å². The largest absolute Gasteiger partial charge is 0.494 e. The molecular weight excluding hydrogens is 392 g/mol. The fraction of sp³-hybridized carbons (Fsp3) is 0.440. The van der Waals surface area contributed by atoms with E-state index in [-0.39, 0.29) is 23.8 Å². The lowest BCUT2D eigenvalue weighted by Crippen LogP contribution is -2.49. The van der Waals surface area contributed by atoms with E-state index >= 15 is 0 Å². The Labute approximate surface area is 184 Å². The summed E-state index contributed by atoms with van der Waals surface area (Å²) in [5, 5.41) is 5.85. The quantitative estimate of drug-likeness (QED) is 0.676. The number of nitrogens with one attached hydrogen (secondary N) is 2. The summed E-state index contributed by atoms with van der Waals surface area (Å²) in [6, 6.07) is 10.7. The van der Waals surface area contributed by atoms with E-state index in [1.165, 1.54) is 0 Å². The van der Waals surface area contributed by atoms with Gasteiger partial charge in [0.05, 0.1) is 6.61 Å². The lowest BCUT2D eigenvalue weighted by Gasteiger charge is -2.22. The molecule has 0 unspecified atom stereocenters. The molecule has 0 aliphatic carbocycles. The van der Waals surface area contributed by atoms with Gasteiger partial charge in [-0.3, -0.25) is 9.59 Å². The lowest BCUT2D eigenvalue weighted by atomic mass is 10.0. The number of carbonyl (C=O) groups is 2. The Balaban J connectivity index is 1.71. The second kappa shape index (κ2) is 9.86. The third kappa shape index (κ3) is 5.37. The summed E-state index contributed by atoms with van der Waals surface area (Å²) in [4.78, 5) is 25.7. The molecule has 0 spiro atoms. The van der Waals surface area contributed by atoms with Crippen LogP contribution in [-0.2, 0) is 17.8 Å². The van der Waals surface area contributed by atoms with Gasteiger partial charge in [-0.15, -0.1) is 0 Å². The van der Waals surface area contributed by atoms with Crippen LogP contribution < -0.4 is 20.1 Å². The highest BCUT2D eigenvalue weighted by Crippen LogP contribution is 2.35. The van der Waals surface area contributed by atoms with E-state index in [1.807, 2.05) is 65.0 Å². The Morgan fingerprint density at radius 2 is 1.97 bits per heavy atom. The van der Waals surface area contributed by atoms with Crippen LogP contribution in [0.15, 0.2) is 36.4 Å². The van der Waals surface area contributed by atoms with Gasteiger partial charge in [0.25, 0.3) is 5.91 Å². The number of carbonyl (C=O) groups excluding carboxylic acids is 2. The zero-order valence-corrected chi connectivity index (χ0v) is 19.0. The van der Waals surface area contributed by atoms with Crippen LogP contribution in [0.3, 0.4) is 0 Å². The molecule has 1 aliphatic rings. The van der Waals surface area contributed by atoms with Crippen LogP contribution in [0.1, 0.15) is 54.7 Å². The molecule has 0 saturated carbocycles. The number of aryl methyl sites for hydroxylation is 1. The van der Waals surface area contributed by atoms with Gasteiger partial charge in [0.15, 0.2) is 0 Å². The van der Waals surface area contributed by atoms with Crippen LogP contribution in [0.5, 0.6) is 11.5 Å². The topological polar surface area (TPSA) is 76.7 Å². The molecule has 3 rings (SSSR count). The molecule has 2 aromatic carbocycles. The summed E-state index contributed by atoms with van der Waals surface area (Å²) in [5.41, 5.74) is 3.42. The Hall–Kier alpha value is -3.02. The second-order valence-electron chi connectivity index (χ2n) is 8.36. The average Bonchev–Trinajstić information content (AvgIpc) is 3.09. The van der Waals surface area contributed by atoms with Crippen molar-refractivity contribution < 1.29 is 19.1 Å². The van der Waals surface area contributed by atoms with Crippen molar-refractivity contribution in [2.24, 2.45) is 5.92 Å².